The van der Waals surface area contributed by atoms with Gasteiger partial charge in [-0.3, -0.25) is 14.9 Å². The molecule has 34 heavy (non-hydrogen) atoms. The van der Waals surface area contributed by atoms with Crippen molar-refractivity contribution in [1.29, 1.82) is 0 Å². The first-order valence-corrected chi connectivity index (χ1v) is 11.5. The topological polar surface area (TPSA) is 78.1 Å². The Hall–Kier alpha value is -3.97. The molecule has 0 aliphatic rings. The Balaban J connectivity index is 1.49. The van der Waals surface area contributed by atoms with Gasteiger partial charge in [0.1, 0.15) is 6.54 Å². The lowest BCUT2D eigenvalue weighted by atomic mass is 10.1. The average Bonchev–Trinajstić information content (AvgIpc) is 3.21. The molecule has 0 fully saturated rings. The molecule has 1 amide bonds. The zero-order valence-corrected chi connectivity index (χ0v) is 19.0. The average molecular weight is 455 g/mol. The van der Waals surface area contributed by atoms with E-state index in [1.54, 1.807) is 12.1 Å². The van der Waals surface area contributed by atoms with Gasteiger partial charge in [0.15, 0.2) is 5.43 Å². The standard InChI is InChI=1S/C27H26N4O3/c1-2-34-17-9-16-30-24-15-8-5-12-21(24)28-27(30)29-25(32)18-31-22-13-6-3-10-19(22)26(33)20-11-4-7-14-23(20)31/h3-8,10-15H,2,9,16-18H2,1H3,(H,28,29,32). The van der Waals surface area contributed by atoms with Gasteiger partial charge in [0, 0.05) is 30.5 Å². The van der Waals surface area contributed by atoms with Crippen molar-refractivity contribution in [2.45, 2.75) is 26.4 Å². The summed E-state index contributed by atoms with van der Waals surface area (Å²) in [4.78, 5) is 30.9. The number of para-hydroxylation sites is 4. The molecule has 7 heteroatoms. The second kappa shape index (κ2) is 9.49. The molecule has 0 unspecified atom stereocenters. The second-order valence-electron chi connectivity index (χ2n) is 8.12. The monoisotopic (exact) mass is 454 g/mol. The van der Waals surface area contributed by atoms with Crippen LogP contribution in [-0.2, 0) is 22.6 Å². The van der Waals surface area contributed by atoms with Crippen molar-refractivity contribution in [3.05, 3.63) is 83.0 Å². The molecule has 0 radical (unpaired) electrons. The van der Waals surface area contributed by atoms with Gasteiger partial charge in [-0.2, -0.15) is 0 Å². The molecule has 2 heterocycles. The number of amides is 1. The lowest BCUT2D eigenvalue weighted by Gasteiger charge is -2.15. The zero-order valence-electron chi connectivity index (χ0n) is 19.0. The minimum absolute atomic E-state index is 0.0288. The number of nitrogens with one attached hydrogen (secondary N) is 1. The summed E-state index contributed by atoms with van der Waals surface area (Å²) in [6.45, 7) is 4.04. The van der Waals surface area contributed by atoms with Crippen LogP contribution < -0.4 is 10.7 Å². The molecule has 0 aliphatic heterocycles. The first-order valence-electron chi connectivity index (χ1n) is 11.5. The van der Waals surface area contributed by atoms with Crippen molar-refractivity contribution in [2.75, 3.05) is 18.5 Å². The Bertz CT molecular complexity index is 1490. The van der Waals surface area contributed by atoms with E-state index in [0.29, 0.717) is 36.5 Å². The molecular formula is C27H26N4O3. The summed E-state index contributed by atoms with van der Waals surface area (Å²) in [6.07, 6.45) is 0.812. The Morgan fingerprint density at radius 3 is 2.18 bits per heavy atom. The van der Waals surface area contributed by atoms with E-state index in [1.807, 2.05) is 76.7 Å². The third kappa shape index (κ3) is 4.06. The quantitative estimate of drug-likeness (QED) is 0.275. The predicted molar refractivity (Wildman–Crippen MR) is 135 cm³/mol. The fourth-order valence-corrected chi connectivity index (χ4v) is 4.42. The molecule has 0 aliphatic carbocycles. The number of fused-ring (bicyclic) bond motifs is 3. The first kappa shape index (κ1) is 21.9. The third-order valence-corrected chi connectivity index (χ3v) is 5.96. The summed E-state index contributed by atoms with van der Waals surface area (Å²) in [5, 5.41) is 4.20. The molecule has 5 aromatic rings. The van der Waals surface area contributed by atoms with E-state index in [4.69, 9.17) is 4.74 Å². The maximum Gasteiger partial charge on any atom is 0.246 e. The van der Waals surface area contributed by atoms with E-state index in [0.717, 1.165) is 28.5 Å². The van der Waals surface area contributed by atoms with Crippen molar-refractivity contribution in [3.63, 3.8) is 0 Å². The molecule has 0 atom stereocenters. The molecule has 5 rings (SSSR count). The minimum Gasteiger partial charge on any atom is -0.382 e. The number of rotatable bonds is 8. The number of carbonyl (C=O) groups is 1. The van der Waals surface area contributed by atoms with Gasteiger partial charge in [-0.05, 0) is 49.7 Å². The number of aromatic nitrogens is 3. The highest BCUT2D eigenvalue weighted by Gasteiger charge is 2.16. The van der Waals surface area contributed by atoms with E-state index in [1.165, 1.54) is 0 Å². The summed E-state index contributed by atoms with van der Waals surface area (Å²) in [6, 6.07) is 22.6. The van der Waals surface area contributed by atoms with Crippen LogP contribution in [0.2, 0.25) is 0 Å². The molecule has 2 aromatic heterocycles. The molecule has 0 saturated carbocycles. The summed E-state index contributed by atoms with van der Waals surface area (Å²) >= 11 is 0. The van der Waals surface area contributed by atoms with Crippen molar-refractivity contribution < 1.29 is 9.53 Å². The Labute approximate surface area is 196 Å². The normalized spacial score (nSPS) is 11.4. The number of imidazole rings is 1. The molecule has 172 valence electrons. The summed E-state index contributed by atoms with van der Waals surface area (Å²) < 4.78 is 9.40. The van der Waals surface area contributed by atoms with Crippen LogP contribution in [0, 0.1) is 0 Å². The lowest BCUT2D eigenvalue weighted by Crippen LogP contribution is -2.23. The minimum atomic E-state index is -0.208. The molecule has 0 saturated heterocycles. The van der Waals surface area contributed by atoms with Crippen molar-refractivity contribution >= 4 is 44.7 Å². The van der Waals surface area contributed by atoms with Gasteiger partial charge >= 0.3 is 0 Å². The second-order valence-corrected chi connectivity index (χ2v) is 8.12. The molecule has 0 bridgehead atoms. The van der Waals surface area contributed by atoms with Gasteiger partial charge in [0.2, 0.25) is 11.9 Å². The van der Waals surface area contributed by atoms with Gasteiger partial charge in [-0.15, -0.1) is 0 Å². The smallest absolute Gasteiger partial charge is 0.246 e. The van der Waals surface area contributed by atoms with Crippen molar-refractivity contribution in [3.8, 4) is 0 Å². The lowest BCUT2D eigenvalue weighted by molar-refractivity contribution is -0.116. The summed E-state index contributed by atoms with van der Waals surface area (Å²) in [7, 11) is 0. The highest BCUT2D eigenvalue weighted by Crippen LogP contribution is 2.22. The first-order chi connectivity index (χ1) is 16.7. The number of hydrogen-bond donors (Lipinski definition) is 1. The maximum absolute atomic E-state index is 13.3. The van der Waals surface area contributed by atoms with Crippen LogP contribution in [0.4, 0.5) is 5.95 Å². The molecule has 1 N–H and O–H groups in total. The van der Waals surface area contributed by atoms with Crippen LogP contribution in [0.5, 0.6) is 0 Å². The fraction of sp³-hybridized carbons (Fsp3) is 0.222. The predicted octanol–water partition coefficient (Wildman–Crippen LogP) is 4.57. The van der Waals surface area contributed by atoms with Crippen molar-refractivity contribution in [2.24, 2.45) is 0 Å². The van der Waals surface area contributed by atoms with Gasteiger partial charge in [-0.25, -0.2) is 4.98 Å². The van der Waals surface area contributed by atoms with E-state index < -0.39 is 0 Å². The molecular weight excluding hydrogens is 428 g/mol. The Morgan fingerprint density at radius 1 is 0.882 bits per heavy atom. The van der Waals surface area contributed by atoms with Gasteiger partial charge < -0.3 is 13.9 Å². The molecule has 0 spiro atoms. The largest absolute Gasteiger partial charge is 0.382 e. The highest BCUT2D eigenvalue weighted by molar-refractivity contribution is 5.97. The fourth-order valence-electron chi connectivity index (χ4n) is 4.42. The number of carbonyl (C=O) groups excluding carboxylic acids is 1. The number of benzene rings is 3. The van der Waals surface area contributed by atoms with E-state index >= 15 is 0 Å². The number of pyridine rings is 1. The molecule has 7 nitrogen and oxygen atoms in total. The van der Waals surface area contributed by atoms with Crippen molar-refractivity contribution in [1.82, 2.24) is 14.1 Å². The van der Waals surface area contributed by atoms with Crippen LogP contribution in [0.25, 0.3) is 32.8 Å². The number of anilines is 1. The highest BCUT2D eigenvalue weighted by atomic mass is 16.5. The summed E-state index contributed by atoms with van der Waals surface area (Å²) in [5.41, 5.74) is 3.22. The molecule has 3 aromatic carbocycles. The van der Waals surface area contributed by atoms with Crippen LogP contribution in [0.1, 0.15) is 13.3 Å². The SMILES string of the molecule is CCOCCCn1c(NC(=O)Cn2c3ccccc3c(=O)c3ccccc32)nc2ccccc21. The number of hydrogen-bond acceptors (Lipinski definition) is 4. The van der Waals surface area contributed by atoms with Gasteiger partial charge in [-0.1, -0.05) is 36.4 Å². The van der Waals surface area contributed by atoms with Crippen LogP contribution in [-0.4, -0.2) is 33.2 Å². The van der Waals surface area contributed by atoms with E-state index in [-0.39, 0.29) is 17.9 Å². The number of ether oxygens (including phenoxy) is 1. The van der Waals surface area contributed by atoms with E-state index in [9.17, 15) is 9.59 Å². The van der Waals surface area contributed by atoms with Gasteiger partial charge in [0.25, 0.3) is 0 Å². The van der Waals surface area contributed by atoms with E-state index in [2.05, 4.69) is 10.3 Å². The van der Waals surface area contributed by atoms with Crippen LogP contribution in [0.3, 0.4) is 0 Å². The maximum atomic E-state index is 13.3. The zero-order chi connectivity index (χ0) is 23.5. The third-order valence-electron chi connectivity index (χ3n) is 5.96. The summed E-state index contributed by atoms with van der Waals surface area (Å²) in [5.74, 6) is 0.303. The Morgan fingerprint density at radius 2 is 1.50 bits per heavy atom. The Kier molecular flexibility index (Phi) is 6.10. The van der Waals surface area contributed by atoms with Gasteiger partial charge in [0.05, 0.1) is 22.1 Å². The number of aryl methyl sites for hydroxylation is 1. The van der Waals surface area contributed by atoms with Crippen LogP contribution >= 0.6 is 0 Å². The van der Waals surface area contributed by atoms with Crippen LogP contribution in [0.15, 0.2) is 77.6 Å². The number of nitrogens with zero attached hydrogens (tertiary/aromatic N) is 3.